The molecule has 34 heavy (non-hydrogen) atoms. The van der Waals surface area contributed by atoms with Crippen LogP contribution < -0.4 is 20.3 Å². The van der Waals surface area contributed by atoms with Gasteiger partial charge in [0, 0.05) is 30.4 Å². The summed E-state index contributed by atoms with van der Waals surface area (Å²) in [6, 6.07) is 8.61. The first-order chi connectivity index (χ1) is 16.3. The quantitative estimate of drug-likeness (QED) is 0.382. The molecule has 0 atom stereocenters. The Hall–Kier alpha value is -3.83. The number of anilines is 1. The molecule has 12 heteroatoms. The first-order valence-corrected chi connectivity index (χ1v) is 11.0. The lowest BCUT2D eigenvalue weighted by atomic mass is 10.0. The van der Waals surface area contributed by atoms with Crippen LogP contribution in [-0.2, 0) is 13.7 Å². The third kappa shape index (κ3) is 5.21. The molecule has 174 valence electrons. The van der Waals surface area contributed by atoms with Gasteiger partial charge in [0.25, 0.3) is 16.7 Å². The fraction of sp³-hybridized carbons (Fsp3) is 0.136. The maximum atomic E-state index is 13.1. The molecule has 0 radical (unpaired) electrons. The second kappa shape index (κ2) is 9.98. The number of halogens is 2. The zero-order valence-electron chi connectivity index (χ0n) is 17.9. The van der Waals surface area contributed by atoms with Gasteiger partial charge in [0.15, 0.2) is 0 Å². The number of methoxy groups -OCH3 is 1. The lowest BCUT2D eigenvalue weighted by molar-refractivity contribution is 0.102. The number of hydrogen-bond acceptors (Lipinski definition) is 8. The van der Waals surface area contributed by atoms with E-state index in [0.717, 1.165) is 16.9 Å². The van der Waals surface area contributed by atoms with Gasteiger partial charge < -0.3 is 14.0 Å². The fourth-order valence-corrected chi connectivity index (χ4v) is 3.78. The van der Waals surface area contributed by atoms with E-state index in [4.69, 9.17) is 21.1 Å². The molecule has 1 N–H and O–H groups in total. The highest BCUT2D eigenvalue weighted by Gasteiger charge is 2.20. The van der Waals surface area contributed by atoms with Gasteiger partial charge in [-0.15, -0.1) is 5.10 Å². The molecular weight excluding hydrogens is 485 g/mol. The standard InChI is InChI=1S/C22H17ClFN5O4S/c1-29-10-16(14-7-18(23)25-9-17(14)32-2)15(8-19(29)30)20(31)26-21-27-28-22(34-21)33-11-12-3-5-13(24)6-4-12/h3-10H,11H2,1-2H3,(H,26,27,31). The van der Waals surface area contributed by atoms with Gasteiger partial charge in [0.2, 0.25) is 5.13 Å². The van der Waals surface area contributed by atoms with Crippen molar-refractivity contribution in [3.8, 4) is 22.1 Å². The molecule has 9 nitrogen and oxygen atoms in total. The molecule has 0 saturated carbocycles. The van der Waals surface area contributed by atoms with E-state index in [2.05, 4.69) is 20.5 Å². The van der Waals surface area contributed by atoms with Gasteiger partial charge >= 0.3 is 0 Å². The molecule has 3 heterocycles. The molecule has 0 aliphatic carbocycles. The molecule has 0 bridgehead atoms. The average molecular weight is 502 g/mol. The highest BCUT2D eigenvalue weighted by atomic mass is 35.5. The number of nitrogens with one attached hydrogen (secondary N) is 1. The van der Waals surface area contributed by atoms with Gasteiger partial charge in [-0.05, 0) is 35.1 Å². The Morgan fingerprint density at radius 1 is 1.21 bits per heavy atom. The molecular formula is C22H17ClFN5O4S. The minimum Gasteiger partial charge on any atom is -0.494 e. The molecule has 4 aromatic rings. The van der Waals surface area contributed by atoms with Crippen LogP contribution in [0.25, 0.3) is 11.1 Å². The zero-order chi connectivity index (χ0) is 24.2. The van der Waals surface area contributed by atoms with Crippen LogP contribution in [0.15, 0.2) is 53.6 Å². The molecule has 0 saturated heterocycles. The SMILES string of the molecule is COc1cnc(Cl)cc1-c1cn(C)c(=O)cc1C(=O)Nc1nnc(OCc2ccc(F)cc2)s1. The van der Waals surface area contributed by atoms with E-state index in [9.17, 15) is 14.0 Å². The number of carbonyl (C=O) groups excluding carboxylic acids is 1. The second-order valence-electron chi connectivity index (χ2n) is 7.00. The number of amides is 1. The van der Waals surface area contributed by atoms with Crippen LogP contribution in [0.4, 0.5) is 9.52 Å². The third-order valence-corrected chi connectivity index (χ3v) is 5.68. The maximum absolute atomic E-state index is 13.1. The van der Waals surface area contributed by atoms with E-state index in [-0.39, 0.29) is 39.0 Å². The summed E-state index contributed by atoms with van der Waals surface area (Å²) in [6.45, 7) is 0.157. The zero-order valence-corrected chi connectivity index (χ0v) is 19.5. The molecule has 0 aliphatic rings. The van der Waals surface area contributed by atoms with Crippen molar-refractivity contribution in [3.63, 3.8) is 0 Å². The smallest absolute Gasteiger partial charge is 0.296 e. The van der Waals surface area contributed by atoms with Crippen molar-refractivity contribution >= 4 is 34.0 Å². The first kappa shape index (κ1) is 23.3. The Labute approximate surface area is 201 Å². The monoisotopic (exact) mass is 501 g/mol. The summed E-state index contributed by atoms with van der Waals surface area (Å²) >= 11 is 7.06. The second-order valence-corrected chi connectivity index (χ2v) is 8.33. The van der Waals surface area contributed by atoms with Gasteiger partial charge in [0.05, 0.1) is 18.9 Å². The summed E-state index contributed by atoms with van der Waals surface area (Å²) in [6.07, 6.45) is 2.95. The van der Waals surface area contributed by atoms with E-state index in [1.54, 1.807) is 25.2 Å². The maximum Gasteiger partial charge on any atom is 0.296 e. The van der Waals surface area contributed by atoms with Crippen molar-refractivity contribution in [1.82, 2.24) is 19.7 Å². The van der Waals surface area contributed by atoms with Crippen LogP contribution >= 0.6 is 22.9 Å². The molecule has 4 rings (SSSR count). The fourth-order valence-electron chi connectivity index (χ4n) is 3.03. The molecule has 1 aromatic carbocycles. The van der Waals surface area contributed by atoms with Crippen LogP contribution in [0, 0.1) is 5.82 Å². The van der Waals surface area contributed by atoms with Crippen molar-refractivity contribution in [2.75, 3.05) is 12.4 Å². The van der Waals surface area contributed by atoms with Gasteiger partial charge in [-0.25, -0.2) is 9.37 Å². The van der Waals surface area contributed by atoms with Gasteiger partial charge in [-0.3, -0.25) is 14.9 Å². The number of benzene rings is 1. The molecule has 0 aliphatic heterocycles. The highest BCUT2D eigenvalue weighted by Crippen LogP contribution is 2.33. The predicted molar refractivity (Wildman–Crippen MR) is 125 cm³/mol. The Kier molecular flexibility index (Phi) is 6.85. The number of ether oxygens (including phenoxy) is 2. The van der Waals surface area contributed by atoms with E-state index in [0.29, 0.717) is 16.9 Å². The summed E-state index contributed by atoms with van der Waals surface area (Å²) in [4.78, 5) is 29.4. The summed E-state index contributed by atoms with van der Waals surface area (Å²) in [5.74, 6) is -0.542. The molecule has 3 aromatic heterocycles. The van der Waals surface area contributed by atoms with Gasteiger partial charge in [0.1, 0.15) is 23.3 Å². The van der Waals surface area contributed by atoms with Crippen molar-refractivity contribution in [2.24, 2.45) is 7.05 Å². The number of pyridine rings is 2. The third-order valence-electron chi connectivity index (χ3n) is 4.72. The number of carbonyl (C=O) groups is 1. The van der Waals surface area contributed by atoms with Crippen LogP contribution in [0.2, 0.25) is 5.15 Å². The van der Waals surface area contributed by atoms with Crippen LogP contribution in [-0.4, -0.2) is 32.8 Å². The van der Waals surface area contributed by atoms with Crippen molar-refractivity contribution in [2.45, 2.75) is 6.61 Å². The normalized spacial score (nSPS) is 10.7. The van der Waals surface area contributed by atoms with E-state index in [1.807, 2.05) is 0 Å². The number of rotatable bonds is 7. The van der Waals surface area contributed by atoms with Crippen LogP contribution in [0.3, 0.4) is 0 Å². The summed E-state index contributed by atoms with van der Waals surface area (Å²) in [7, 11) is 3.03. The summed E-state index contributed by atoms with van der Waals surface area (Å²) in [5, 5.41) is 11.0. The summed E-state index contributed by atoms with van der Waals surface area (Å²) < 4.78 is 25.3. The number of hydrogen-bond donors (Lipinski definition) is 1. The molecule has 0 fully saturated rings. The number of aryl methyl sites for hydroxylation is 1. The Bertz CT molecular complexity index is 1410. The largest absolute Gasteiger partial charge is 0.494 e. The number of aromatic nitrogens is 4. The van der Waals surface area contributed by atoms with Gasteiger partial charge in [-0.2, -0.15) is 0 Å². The molecule has 1 amide bonds. The topological polar surface area (TPSA) is 108 Å². The molecule has 0 spiro atoms. The van der Waals surface area contributed by atoms with Crippen LogP contribution in [0.5, 0.6) is 10.9 Å². The van der Waals surface area contributed by atoms with E-state index < -0.39 is 5.91 Å². The van der Waals surface area contributed by atoms with Crippen LogP contribution in [0.1, 0.15) is 15.9 Å². The molecule has 0 unspecified atom stereocenters. The summed E-state index contributed by atoms with van der Waals surface area (Å²) in [5.41, 5.74) is 1.36. The predicted octanol–water partition coefficient (Wildman–Crippen LogP) is 3.93. The highest BCUT2D eigenvalue weighted by molar-refractivity contribution is 7.17. The first-order valence-electron chi connectivity index (χ1n) is 9.76. The Balaban J connectivity index is 1.57. The van der Waals surface area contributed by atoms with Crippen molar-refractivity contribution in [3.05, 3.63) is 81.2 Å². The van der Waals surface area contributed by atoms with Crippen molar-refractivity contribution < 1.29 is 18.7 Å². The minimum atomic E-state index is -0.580. The Morgan fingerprint density at radius 2 is 1.97 bits per heavy atom. The Morgan fingerprint density at radius 3 is 2.71 bits per heavy atom. The lowest BCUT2D eigenvalue weighted by Gasteiger charge is -2.13. The lowest BCUT2D eigenvalue weighted by Crippen LogP contribution is -2.21. The van der Waals surface area contributed by atoms with Gasteiger partial charge in [-0.1, -0.05) is 28.8 Å². The average Bonchev–Trinajstić information content (AvgIpc) is 3.27. The van der Waals surface area contributed by atoms with Crippen molar-refractivity contribution in [1.29, 1.82) is 0 Å². The van der Waals surface area contributed by atoms with E-state index in [1.165, 1.54) is 42.3 Å². The number of nitrogens with zero attached hydrogens (tertiary/aromatic N) is 4. The minimum absolute atomic E-state index is 0.0904. The van der Waals surface area contributed by atoms with E-state index >= 15 is 0 Å².